The number of carbonyl (C=O) groups is 6. The number of hydrazine groups is 5. The molecule has 12 heteroatoms. The highest BCUT2D eigenvalue weighted by Gasteiger charge is 2.44. The van der Waals surface area contributed by atoms with Crippen LogP contribution >= 0.6 is 0 Å². The van der Waals surface area contributed by atoms with E-state index in [0.717, 1.165) is 37.7 Å². The van der Waals surface area contributed by atoms with Crippen LogP contribution in [0.3, 0.4) is 0 Å². The molecular formula is C36H68N6O6. The molecule has 0 spiro atoms. The second-order valence-electron chi connectivity index (χ2n) is 15.7. The first-order valence-electron chi connectivity index (χ1n) is 17.9. The molecule has 0 radical (unpaired) electrons. The SMILES string of the molecule is CC(C)C[C@@H](C=O)NN([C@H](C=O)CC(C)C)N([C@H](C=O)CC(C)C)N([C@H](C=O)CC(C)C)N(N[C@H](C=O)CC(C)C)[C@H](C=O)CC(C)C. The van der Waals surface area contributed by atoms with Crippen LogP contribution in [0.1, 0.15) is 122 Å². The lowest BCUT2D eigenvalue weighted by molar-refractivity contribution is -0.347. The lowest BCUT2D eigenvalue weighted by Gasteiger charge is -2.54. The van der Waals surface area contributed by atoms with Crippen LogP contribution in [0.4, 0.5) is 0 Å². The fourth-order valence-corrected chi connectivity index (χ4v) is 5.83. The zero-order valence-electron chi connectivity index (χ0n) is 31.9. The van der Waals surface area contributed by atoms with Crippen molar-refractivity contribution in [1.29, 1.82) is 0 Å². The van der Waals surface area contributed by atoms with Crippen LogP contribution < -0.4 is 10.9 Å². The van der Waals surface area contributed by atoms with Gasteiger partial charge in [0.25, 0.3) is 0 Å². The molecule has 0 bridgehead atoms. The molecule has 0 rings (SSSR count). The Kier molecular flexibility index (Phi) is 22.9. The quantitative estimate of drug-likeness (QED) is 0.0841. The summed E-state index contributed by atoms with van der Waals surface area (Å²) in [4.78, 5) is 77.5. The summed E-state index contributed by atoms with van der Waals surface area (Å²) < 4.78 is 0. The molecule has 278 valence electrons. The van der Waals surface area contributed by atoms with Crippen LogP contribution in [0.5, 0.6) is 0 Å². The molecule has 0 aliphatic rings. The summed E-state index contributed by atoms with van der Waals surface area (Å²) in [6, 6.07) is -5.10. The van der Waals surface area contributed by atoms with Gasteiger partial charge in [0.15, 0.2) is 0 Å². The average molecular weight is 681 g/mol. The van der Waals surface area contributed by atoms with E-state index in [2.05, 4.69) is 10.9 Å². The molecule has 0 aliphatic heterocycles. The topological polar surface area (TPSA) is 139 Å². The van der Waals surface area contributed by atoms with Gasteiger partial charge in [0, 0.05) is 0 Å². The van der Waals surface area contributed by atoms with Crippen LogP contribution in [0.25, 0.3) is 0 Å². The molecule has 0 aromatic heterocycles. The number of nitrogens with one attached hydrogen (secondary N) is 2. The van der Waals surface area contributed by atoms with Crippen molar-refractivity contribution in [3.63, 3.8) is 0 Å². The van der Waals surface area contributed by atoms with Crippen LogP contribution in [0.15, 0.2) is 0 Å². The highest BCUT2D eigenvalue weighted by molar-refractivity contribution is 5.62. The fourth-order valence-electron chi connectivity index (χ4n) is 5.83. The van der Waals surface area contributed by atoms with Crippen LogP contribution in [0, 0.1) is 35.5 Å². The van der Waals surface area contributed by atoms with Crippen LogP contribution in [0.2, 0.25) is 0 Å². The van der Waals surface area contributed by atoms with E-state index in [-0.39, 0.29) is 35.5 Å². The third kappa shape index (κ3) is 16.5. The first-order valence-corrected chi connectivity index (χ1v) is 17.9. The Morgan fingerprint density at radius 2 is 0.583 bits per heavy atom. The summed E-state index contributed by atoms with van der Waals surface area (Å²) in [6.07, 6.45) is 6.91. The monoisotopic (exact) mass is 681 g/mol. The maximum absolute atomic E-state index is 13.2. The predicted molar refractivity (Wildman–Crippen MR) is 189 cm³/mol. The molecule has 0 saturated carbocycles. The molecule has 0 aromatic carbocycles. The summed E-state index contributed by atoms with van der Waals surface area (Å²) in [7, 11) is 0. The van der Waals surface area contributed by atoms with E-state index in [9.17, 15) is 28.8 Å². The minimum atomic E-state index is -0.941. The summed E-state index contributed by atoms with van der Waals surface area (Å²) in [5.41, 5.74) is 6.55. The standard InChI is InChI=1S/C36H68N6O6/c1-25(2)13-31(19-43)37-39(33(21-45)15-27(5)6)41(35(23-47)17-29(9)10)42(36(24-48)18-30(11)12)40(34(22-46)16-28(7)8)38-32(20-44)14-26(3)4/h19-38H,13-18H2,1-12H3/t31-,32-,33-,34-,35-,36-/m0/s1. The summed E-state index contributed by atoms with van der Waals surface area (Å²) in [5.74, 6) is 0.332. The van der Waals surface area contributed by atoms with Gasteiger partial charge in [-0.25, -0.2) is 10.9 Å². The van der Waals surface area contributed by atoms with Crippen molar-refractivity contribution in [1.82, 2.24) is 31.3 Å². The normalized spacial score (nSPS) is 16.4. The van der Waals surface area contributed by atoms with Gasteiger partial charge in [-0.2, -0.15) is 10.2 Å². The maximum Gasteiger partial charge on any atom is 0.140 e. The molecule has 0 heterocycles. The minimum absolute atomic E-state index is 0.00565. The van der Waals surface area contributed by atoms with Crippen molar-refractivity contribution in [2.75, 3.05) is 0 Å². The Morgan fingerprint density at radius 1 is 0.354 bits per heavy atom. The van der Waals surface area contributed by atoms with Crippen molar-refractivity contribution < 1.29 is 28.8 Å². The largest absolute Gasteiger partial charge is 0.302 e. The summed E-state index contributed by atoms with van der Waals surface area (Å²) >= 11 is 0. The van der Waals surface area contributed by atoms with E-state index in [0.29, 0.717) is 38.5 Å². The lowest BCUT2D eigenvalue weighted by Crippen LogP contribution is -2.76. The maximum atomic E-state index is 13.2. The third-order valence-corrected chi connectivity index (χ3v) is 7.73. The molecule has 48 heavy (non-hydrogen) atoms. The molecule has 0 amide bonds. The molecule has 12 nitrogen and oxygen atoms in total. The van der Waals surface area contributed by atoms with Gasteiger partial charge in [0.05, 0.1) is 36.3 Å². The lowest BCUT2D eigenvalue weighted by atomic mass is 10.0. The third-order valence-electron chi connectivity index (χ3n) is 7.73. The number of carbonyl (C=O) groups excluding carboxylic acids is 6. The number of hydrogen-bond acceptors (Lipinski definition) is 12. The fraction of sp³-hybridized carbons (Fsp3) is 0.833. The Morgan fingerprint density at radius 3 is 0.771 bits per heavy atom. The van der Waals surface area contributed by atoms with E-state index in [4.69, 9.17) is 0 Å². The number of rotatable bonds is 29. The van der Waals surface area contributed by atoms with Crippen molar-refractivity contribution in [2.45, 2.75) is 158 Å². The van der Waals surface area contributed by atoms with Gasteiger partial charge in [-0.3, -0.25) is 0 Å². The summed E-state index contributed by atoms with van der Waals surface area (Å²) in [5, 5.41) is 6.18. The van der Waals surface area contributed by atoms with Crippen molar-refractivity contribution >= 4 is 37.7 Å². The second kappa shape index (κ2) is 24.0. The zero-order chi connectivity index (χ0) is 37.1. The molecular weight excluding hydrogens is 612 g/mol. The highest BCUT2D eigenvalue weighted by Crippen LogP contribution is 2.27. The molecule has 0 fully saturated rings. The van der Waals surface area contributed by atoms with Gasteiger partial charge in [-0.1, -0.05) is 83.1 Å². The molecule has 2 N–H and O–H groups in total. The number of aldehydes is 6. The first-order chi connectivity index (χ1) is 22.5. The summed E-state index contributed by atoms with van der Waals surface area (Å²) in [6.45, 7) is 23.7. The Balaban J connectivity index is 8.24. The first kappa shape index (κ1) is 45.8. The van der Waals surface area contributed by atoms with Gasteiger partial charge < -0.3 is 28.8 Å². The van der Waals surface area contributed by atoms with E-state index in [1.807, 2.05) is 83.1 Å². The molecule has 0 saturated heterocycles. The van der Waals surface area contributed by atoms with E-state index in [1.54, 1.807) is 10.2 Å². The number of nitrogens with zero attached hydrogens (tertiary/aromatic N) is 4. The van der Waals surface area contributed by atoms with E-state index >= 15 is 0 Å². The second-order valence-corrected chi connectivity index (χ2v) is 15.7. The minimum Gasteiger partial charge on any atom is -0.302 e. The van der Waals surface area contributed by atoms with Gasteiger partial charge in [0.1, 0.15) is 37.7 Å². The molecule has 6 atom stereocenters. The van der Waals surface area contributed by atoms with Gasteiger partial charge in [-0.05, 0) is 74.0 Å². The van der Waals surface area contributed by atoms with E-state index in [1.165, 1.54) is 10.2 Å². The Bertz CT molecular complexity index is 872. The van der Waals surface area contributed by atoms with Crippen LogP contribution in [-0.4, -0.2) is 94.4 Å². The van der Waals surface area contributed by atoms with Crippen molar-refractivity contribution in [2.24, 2.45) is 35.5 Å². The van der Waals surface area contributed by atoms with Gasteiger partial charge in [-0.15, -0.1) is 10.2 Å². The average Bonchev–Trinajstić information content (AvgIpc) is 2.99. The Labute approximate surface area is 290 Å². The van der Waals surface area contributed by atoms with Crippen molar-refractivity contribution in [3.8, 4) is 0 Å². The van der Waals surface area contributed by atoms with Gasteiger partial charge in [0.2, 0.25) is 0 Å². The molecule has 0 aromatic rings. The van der Waals surface area contributed by atoms with Crippen LogP contribution in [-0.2, 0) is 28.8 Å². The number of hydrogen-bond donors (Lipinski definition) is 2. The predicted octanol–water partition coefficient (Wildman–Crippen LogP) is 4.63. The highest BCUT2D eigenvalue weighted by atomic mass is 16.2. The van der Waals surface area contributed by atoms with Crippen molar-refractivity contribution in [3.05, 3.63) is 0 Å². The molecule has 0 aliphatic carbocycles. The van der Waals surface area contributed by atoms with E-state index < -0.39 is 36.3 Å². The molecule has 0 unspecified atom stereocenters. The zero-order valence-corrected chi connectivity index (χ0v) is 31.9. The van der Waals surface area contributed by atoms with Gasteiger partial charge >= 0.3 is 0 Å². The smallest absolute Gasteiger partial charge is 0.140 e. The Hall–Kier alpha value is -2.22.